The molecular formula is C19H18Cl2N2O3. The first kappa shape index (κ1) is 18.5. The van der Waals surface area contributed by atoms with Crippen LogP contribution in [0.1, 0.15) is 24.9 Å². The van der Waals surface area contributed by atoms with Crippen LogP contribution in [0.5, 0.6) is 5.75 Å². The van der Waals surface area contributed by atoms with E-state index in [9.17, 15) is 9.59 Å². The van der Waals surface area contributed by atoms with Crippen molar-refractivity contribution >= 4 is 40.7 Å². The average molecular weight is 393 g/mol. The molecule has 0 aromatic heterocycles. The van der Waals surface area contributed by atoms with Gasteiger partial charge >= 0.3 is 0 Å². The molecule has 1 unspecified atom stereocenters. The van der Waals surface area contributed by atoms with Crippen molar-refractivity contribution in [3.8, 4) is 5.75 Å². The number of nitrogens with one attached hydrogen (secondary N) is 1. The minimum absolute atomic E-state index is 0.163. The number of fused-ring (bicyclic) bond motifs is 1. The van der Waals surface area contributed by atoms with Crippen molar-refractivity contribution in [3.63, 3.8) is 0 Å². The fraction of sp³-hybridized carbons (Fsp3) is 0.263. The molecule has 1 atom stereocenters. The number of nitrogens with zero attached hydrogens (tertiary/aromatic N) is 1. The number of amides is 2. The number of benzene rings is 2. The molecule has 1 aliphatic rings. The highest BCUT2D eigenvalue weighted by Crippen LogP contribution is 2.37. The number of rotatable bonds is 6. The lowest BCUT2D eigenvalue weighted by Crippen LogP contribution is -2.37. The summed E-state index contributed by atoms with van der Waals surface area (Å²) in [6, 6.07) is 11.7. The fourth-order valence-corrected chi connectivity index (χ4v) is 3.23. The third-order valence-electron chi connectivity index (χ3n) is 4.06. The van der Waals surface area contributed by atoms with Crippen molar-refractivity contribution in [3.05, 3.63) is 58.1 Å². The SMILES string of the molecule is CC(=O)NC1C(=O)N(CCCOc2ccc(Cl)cc2)c2ccc(Cl)cc21. The van der Waals surface area contributed by atoms with E-state index < -0.39 is 6.04 Å². The van der Waals surface area contributed by atoms with Gasteiger partial charge in [0.15, 0.2) is 0 Å². The zero-order chi connectivity index (χ0) is 18.7. The largest absolute Gasteiger partial charge is 0.494 e. The number of hydrogen-bond acceptors (Lipinski definition) is 3. The van der Waals surface area contributed by atoms with Crippen molar-refractivity contribution < 1.29 is 14.3 Å². The lowest BCUT2D eigenvalue weighted by molar-refractivity contribution is -0.126. The molecule has 1 aliphatic heterocycles. The van der Waals surface area contributed by atoms with Gasteiger partial charge in [-0.25, -0.2) is 0 Å². The quantitative estimate of drug-likeness (QED) is 0.756. The Morgan fingerprint density at radius 3 is 2.54 bits per heavy atom. The first-order chi connectivity index (χ1) is 12.5. The molecule has 2 aromatic rings. The monoisotopic (exact) mass is 392 g/mol. The van der Waals surface area contributed by atoms with Gasteiger partial charge in [-0.1, -0.05) is 23.2 Å². The normalized spacial score (nSPS) is 15.7. The molecule has 0 fully saturated rings. The van der Waals surface area contributed by atoms with E-state index in [2.05, 4.69) is 5.32 Å². The van der Waals surface area contributed by atoms with Crippen LogP contribution in [0.4, 0.5) is 5.69 Å². The molecule has 3 rings (SSSR count). The summed E-state index contributed by atoms with van der Waals surface area (Å²) in [6.45, 7) is 2.33. The van der Waals surface area contributed by atoms with E-state index in [1.165, 1.54) is 6.92 Å². The molecule has 0 radical (unpaired) electrons. The van der Waals surface area contributed by atoms with Crippen molar-refractivity contribution in [1.82, 2.24) is 5.32 Å². The van der Waals surface area contributed by atoms with Gasteiger partial charge in [-0.3, -0.25) is 9.59 Å². The molecule has 0 aliphatic carbocycles. The molecule has 1 N–H and O–H groups in total. The molecule has 0 saturated carbocycles. The fourth-order valence-electron chi connectivity index (χ4n) is 2.93. The molecule has 0 bridgehead atoms. The third-order valence-corrected chi connectivity index (χ3v) is 4.55. The molecule has 2 amide bonds. The number of carbonyl (C=O) groups is 2. The Bertz CT molecular complexity index is 824. The molecule has 0 spiro atoms. The Hall–Kier alpha value is -2.24. The standard InChI is InChI=1S/C19H18Cl2N2O3/c1-12(24)22-18-16-11-14(21)5-8-17(16)23(19(18)25)9-2-10-26-15-6-3-13(20)4-7-15/h3-8,11,18H,2,9-10H2,1H3,(H,22,24). The van der Waals surface area contributed by atoms with Crippen LogP contribution in [0.3, 0.4) is 0 Å². The van der Waals surface area contributed by atoms with E-state index in [1.807, 2.05) is 0 Å². The van der Waals surface area contributed by atoms with Crippen molar-refractivity contribution in [2.45, 2.75) is 19.4 Å². The Balaban J connectivity index is 1.65. The lowest BCUT2D eigenvalue weighted by atomic mass is 10.1. The second-order valence-electron chi connectivity index (χ2n) is 5.98. The number of halogens is 2. The lowest BCUT2D eigenvalue weighted by Gasteiger charge is -2.18. The second kappa shape index (κ2) is 7.98. The van der Waals surface area contributed by atoms with Crippen LogP contribution < -0.4 is 15.0 Å². The number of carbonyl (C=O) groups excluding carboxylic acids is 2. The van der Waals surface area contributed by atoms with Gasteiger partial charge in [-0.2, -0.15) is 0 Å². The van der Waals surface area contributed by atoms with Crippen molar-refractivity contribution in [1.29, 1.82) is 0 Å². The van der Waals surface area contributed by atoms with Crippen LogP contribution in [-0.4, -0.2) is 25.0 Å². The summed E-state index contributed by atoms with van der Waals surface area (Å²) in [5.41, 5.74) is 1.49. The van der Waals surface area contributed by atoms with Crippen LogP contribution in [0.15, 0.2) is 42.5 Å². The maximum absolute atomic E-state index is 12.7. The Morgan fingerprint density at radius 1 is 1.15 bits per heavy atom. The van der Waals surface area contributed by atoms with Gasteiger partial charge < -0.3 is 15.0 Å². The zero-order valence-electron chi connectivity index (χ0n) is 14.2. The Kier molecular flexibility index (Phi) is 5.69. The second-order valence-corrected chi connectivity index (χ2v) is 6.86. The van der Waals surface area contributed by atoms with Crippen LogP contribution >= 0.6 is 23.2 Å². The highest BCUT2D eigenvalue weighted by atomic mass is 35.5. The smallest absolute Gasteiger partial charge is 0.254 e. The number of anilines is 1. The summed E-state index contributed by atoms with van der Waals surface area (Å²) in [7, 11) is 0. The summed E-state index contributed by atoms with van der Waals surface area (Å²) in [5, 5.41) is 3.87. The molecule has 136 valence electrons. The van der Waals surface area contributed by atoms with Gasteiger partial charge in [0.05, 0.1) is 6.61 Å². The minimum Gasteiger partial charge on any atom is -0.494 e. The van der Waals surface area contributed by atoms with E-state index in [4.69, 9.17) is 27.9 Å². The van der Waals surface area contributed by atoms with Gasteiger partial charge in [-0.05, 0) is 48.9 Å². The maximum atomic E-state index is 12.7. The topological polar surface area (TPSA) is 58.6 Å². The zero-order valence-corrected chi connectivity index (χ0v) is 15.7. The third kappa shape index (κ3) is 4.11. The summed E-state index contributed by atoms with van der Waals surface area (Å²) in [4.78, 5) is 25.8. The van der Waals surface area contributed by atoms with E-state index >= 15 is 0 Å². The highest BCUT2D eigenvalue weighted by Gasteiger charge is 2.37. The minimum atomic E-state index is -0.696. The van der Waals surface area contributed by atoms with Crippen LogP contribution in [0.25, 0.3) is 0 Å². The highest BCUT2D eigenvalue weighted by molar-refractivity contribution is 6.31. The van der Waals surface area contributed by atoms with Gasteiger partial charge in [-0.15, -0.1) is 0 Å². The van der Waals surface area contributed by atoms with E-state index in [0.717, 1.165) is 17.0 Å². The van der Waals surface area contributed by atoms with Gasteiger partial charge in [0.1, 0.15) is 11.8 Å². The molecule has 5 nitrogen and oxygen atoms in total. The Labute approximate surface area is 161 Å². The van der Waals surface area contributed by atoms with Gasteiger partial charge in [0, 0.05) is 34.8 Å². The van der Waals surface area contributed by atoms with Crippen LogP contribution in [-0.2, 0) is 9.59 Å². The number of ether oxygens (including phenoxy) is 1. The molecule has 26 heavy (non-hydrogen) atoms. The Morgan fingerprint density at radius 2 is 1.85 bits per heavy atom. The predicted molar refractivity (Wildman–Crippen MR) is 102 cm³/mol. The van der Waals surface area contributed by atoms with E-state index in [1.54, 1.807) is 47.4 Å². The summed E-state index contributed by atoms with van der Waals surface area (Å²) < 4.78 is 5.67. The molecule has 1 heterocycles. The van der Waals surface area contributed by atoms with E-state index in [-0.39, 0.29) is 11.8 Å². The summed E-state index contributed by atoms with van der Waals surface area (Å²) in [5.74, 6) is 0.302. The van der Waals surface area contributed by atoms with Gasteiger partial charge in [0.2, 0.25) is 5.91 Å². The summed E-state index contributed by atoms with van der Waals surface area (Å²) in [6.07, 6.45) is 0.642. The van der Waals surface area contributed by atoms with Crippen molar-refractivity contribution in [2.75, 3.05) is 18.1 Å². The molecule has 7 heteroatoms. The maximum Gasteiger partial charge on any atom is 0.254 e. The molecular weight excluding hydrogens is 375 g/mol. The average Bonchev–Trinajstić information content (AvgIpc) is 2.84. The van der Waals surface area contributed by atoms with E-state index in [0.29, 0.717) is 29.6 Å². The predicted octanol–water partition coefficient (Wildman–Crippen LogP) is 3.99. The van der Waals surface area contributed by atoms with Crippen LogP contribution in [0.2, 0.25) is 10.0 Å². The first-order valence-corrected chi connectivity index (χ1v) is 8.97. The van der Waals surface area contributed by atoms with Crippen molar-refractivity contribution in [2.24, 2.45) is 0 Å². The van der Waals surface area contributed by atoms with Gasteiger partial charge in [0.25, 0.3) is 5.91 Å². The van der Waals surface area contributed by atoms with Crippen LogP contribution in [0, 0.1) is 0 Å². The number of hydrogen-bond donors (Lipinski definition) is 1. The first-order valence-electron chi connectivity index (χ1n) is 8.22. The molecule has 2 aromatic carbocycles. The molecule has 0 saturated heterocycles. The summed E-state index contributed by atoms with van der Waals surface area (Å²) >= 11 is 11.9.